The minimum Gasteiger partial charge on any atom is -0.494 e. The zero-order valence-corrected chi connectivity index (χ0v) is 10.8. The van der Waals surface area contributed by atoms with Crippen molar-refractivity contribution in [3.8, 4) is 22.6 Å². The predicted molar refractivity (Wildman–Crippen MR) is 69.7 cm³/mol. The Balaban J connectivity index is 2.28. The van der Waals surface area contributed by atoms with E-state index >= 15 is 0 Å². The summed E-state index contributed by atoms with van der Waals surface area (Å²) in [5, 5.41) is 0. The van der Waals surface area contributed by atoms with Gasteiger partial charge in [-0.15, -0.1) is 13.2 Å². The van der Waals surface area contributed by atoms with Crippen LogP contribution >= 0.6 is 0 Å². The van der Waals surface area contributed by atoms with Crippen molar-refractivity contribution >= 4 is 0 Å². The molecule has 0 saturated heterocycles. The molecule has 0 aliphatic heterocycles. The third-order valence-corrected chi connectivity index (χ3v) is 2.55. The maximum atomic E-state index is 12.2. The van der Waals surface area contributed by atoms with Crippen molar-refractivity contribution in [2.75, 3.05) is 6.61 Å². The zero-order chi connectivity index (χ0) is 14.6. The summed E-state index contributed by atoms with van der Waals surface area (Å²) in [5.74, 6) is 0.434. The molecule has 0 saturated carbocycles. The Morgan fingerprint density at radius 3 is 2.00 bits per heavy atom. The van der Waals surface area contributed by atoms with Crippen molar-refractivity contribution in [3.05, 3.63) is 48.5 Å². The van der Waals surface area contributed by atoms with E-state index in [0.717, 1.165) is 5.56 Å². The van der Waals surface area contributed by atoms with E-state index in [1.54, 1.807) is 30.3 Å². The van der Waals surface area contributed by atoms with Crippen molar-refractivity contribution in [1.29, 1.82) is 0 Å². The second kappa shape index (κ2) is 5.86. The second-order valence-corrected chi connectivity index (χ2v) is 4.04. The van der Waals surface area contributed by atoms with Crippen molar-refractivity contribution in [2.45, 2.75) is 13.3 Å². The number of ether oxygens (including phenoxy) is 2. The van der Waals surface area contributed by atoms with E-state index in [2.05, 4.69) is 4.74 Å². The molecule has 0 heterocycles. The van der Waals surface area contributed by atoms with E-state index in [1.807, 2.05) is 6.92 Å². The lowest BCUT2D eigenvalue weighted by Crippen LogP contribution is -2.17. The van der Waals surface area contributed by atoms with Crippen molar-refractivity contribution in [3.63, 3.8) is 0 Å². The topological polar surface area (TPSA) is 18.5 Å². The zero-order valence-electron chi connectivity index (χ0n) is 10.8. The lowest BCUT2D eigenvalue weighted by Gasteiger charge is -2.11. The van der Waals surface area contributed by atoms with Gasteiger partial charge in [0.25, 0.3) is 0 Å². The molecule has 0 atom stereocenters. The van der Waals surface area contributed by atoms with Crippen LogP contribution < -0.4 is 9.47 Å². The van der Waals surface area contributed by atoms with Gasteiger partial charge in [0.2, 0.25) is 0 Å². The molecule has 0 amide bonds. The molecule has 0 aliphatic rings. The van der Waals surface area contributed by atoms with Crippen molar-refractivity contribution in [2.24, 2.45) is 0 Å². The summed E-state index contributed by atoms with van der Waals surface area (Å²) in [5.41, 5.74) is 1.40. The minimum absolute atomic E-state index is 0.239. The standard InChI is InChI=1S/C15H13F3O2/c1-2-19-13-7-3-5-11(9-13)12-6-4-8-14(10-12)20-15(16,17)18/h3-10H,2H2,1H3. The lowest BCUT2D eigenvalue weighted by molar-refractivity contribution is -0.274. The monoisotopic (exact) mass is 282 g/mol. The van der Waals surface area contributed by atoms with Crippen LogP contribution in [-0.2, 0) is 0 Å². The van der Waals surface area contributed by atoms with E-state index < -0.39 is 6.36 Å². The molecule has 2 nitrogen and oxygen atoms in total. The quantitative estimate of drug-likeness (QED) is 0.812. The normalized spacial score (nSPS) is 11.2. The molecule has 0 unspecified atom stereocenters. The third kappa shape index (κ3) is 3.91. The Labute approximate surface area is 114 Å². The summed E-state index contributed by atoms with van der Waals surface area (Å²) in [6.07, 6.45) is -4.69. The Bertz CT molecular complexity index is 579. The van der Waals surface area contributed by atoms with Gasteiger partial charge >= 0.3 is 6.36 Å². The molecule has 0 radical (unpaired) electrons. The van der Waals surface area contributed by atoms with Crippen LogP contribution in [0, 0.1) is 0 Å². The van der Waals surface area contributed by atoms with Gasteiger partial charge in [0.15, 0.2) is 0 Å². The van der Waals surface area contributed by atoms with Crippen LogP contribution in [0.4, 0.5) is 13.2 Å². The lowest BCUT2D eigenvalue weighted by atomic mass is 10.1. The van der Waals surface area contributed by atoms with E-state index in [1.165, 1.54) is 18.2 Å². The van der Waals surface area contributed by atoms with Gasteiger partial charge in [-0.05, 0) is 42.3 Å². The molecule has 0 bridgehead atoms. The van der Waals surface area contributed by atoms with Gasteiger partial charge in [-0.3, -0.25) is 0 Å². The summed E-state index contributed by atoms with van der Waals surface area (Å²) in [6, 6.07) is 13.0. The van der Waals surface area contributed by atoms with Crippen LogP contribution in [0.3, 0.4) is 0 Å². The Morgan fingerprint density at radius 2 is 1.45 bits per heavy atom. The fraction of sp³-hybridized carbons (Fsp3) is 0.200. The molecule has 2 rings (SSSR count). The molecule has 0 N–H and O–H groups in total. The maximum absolute atomic E-state index is 12.2. The van der Waals surface area contributed by atoms with Crippen molar-refractivity contribution in [1.82, 2.24) is 0 Å². The minimum atomic E-state index is -4.69. The van der Waals surface area contributed by atoms with Gasteiger partial charge < -0.3 is 9.47 Å². The molecular weight excluding hydrogens is 269 g/mol. The van der Waals surface area contributed by atoms with E-state index in [0.29, 0.717) is 17.9 Å². The van der Waals surface area contributed by atoms with Gasteiger partial charge in [-0.2, -0.15) is 0 Å². The van der Waals surface area contributed by atoms with E-state index in [4.69, 9.17) is 4.74 Å². The molecule has 0 fully saturated rings. The summed E-state index contributed by atoms with van der Waals surface area (Å²) >= 11 is 0. The van der Waals surface area contributed by atoms with Crippen LogP contribution in [0.1, 0.15) is 6.92 Å². The Hall–Kier alpha value is -2.17. The Morgan fingerprint density at radius 1 is 0.900 bits per heavy atom. The first-order valence-electron chi connectivity index (χ1n) is 6.07. The summed E-state index contributed by atoms with van der Waals surface area (Å²) in [4.78, 5) is 0. The molecule has 20 heavy (non-hydrogen) atoms. The molecule has 5 heteroatoms. The van der Waals surface area contributed by atoms with Crippen molar-refractivity contribution < 1.29 is 22.6 Å². The molecule has 106 valence electrons. The average Bonchev–Trinajstić information content (AvgIpc) is 2.38. The van der Waals surface area contributed by atoms with Crippen LogP contribution in [0.2, 0.25) is 0 Å². The fourth-order valence-corrected chi connectivity index (χ4v) is 1.80. The van der Waals surface area contributed by atoms with Gasteiger partial charge in [-0.1, -0.05) is 24.3 Å². The maximum Gasteiger partial charge on any atom is 0.573 e. The van der Waals surface area contributed by atoms with Crippen LogP contribution in [0.5, 0.6) is 11.5 Å². The number of benzene rings is 2. The third-order valence-electron chi connectivity index (χ3n) is 2.55. The van der Waals surface area contributed by atoms with Gasteiger partial charge in [0.05, 0.1) is 6.61 Å². The highest BCUT2D eigenvalue weighted by Crippen LogP contribution is 2.29. The largest absolute Gasteiger partial charge is 0.573 e. The molecule has 0 spiro atoms. The van der Waals surface area contributed by atoms with E-state index in [-0.39, 0.29) is 5.75 Å². The first kappa shape index (κ1) is 14.2. The average molecular weight is 282 g/mol. The highest BCUT2D eigenvalue weighted by atomic mass is 19.4. The van der Waals surface area contributed by atoms with Gasteiger partial charge in [0.1, 0.15) is 11.5 Å². The number of halogens is 3. The first-order chi connectivity index (χ1) is 9.48. The smallest absolute Gasteiger partial charge is 0.494 e. The predicted octanol–water partition coefficient (Wildman–Crippen LogP) is 4.65. The number of alkyl halides is 3. The Kier molecular flexibility index (Phi) is 4.17. The molecule has 0 aromatic heterocycles. The molecule has 2 aromatic rings. The molecular formula is C15H13F3O2. The number of rotatable bonds is 4. The summed E-state index contributed by atoms with van der Waals surface area (Å²) < 4.78 is 45.9. The molecule has 0 aliphatic carbocycles. The van der Waals surface area contributed by atoms with Gasteiger partial charge in [0, 0.05) is 0 Å². The van der Waals surface area contributed by atoms with Crippen LogP contribution in [-0.4, -0.2) is 13.0 Å². The fourth-order valence-electron chi connectivity index (χ4n) is 1.80. The van der Waals surface area contributed by atoms with Crippen LogP contribution in [0.25, 0.3) is 11.1 Å². The molecule has 2 aromatic carbocycles. The summed E-state index contributed by atoms with van der Waals surface area (Å²) in [7, 11) is 0. The summed E-state index contributed by atoms with van der Waals surface area (Å²) in [6.45, 7) is 2.39. The SMILES string of the molecule is CCOc1cccc(-c2cccc(OC(F)(F)F)c2)c1. The highest BCUT2D eigenvalue weighted by molar-refractivity contribution is 5.66. The first-order valence-corrected chi connectivity index (χ1v) is 6.07. The van der Waals surface area contributed by atoms with Gasteiger partial charge in [-0.25, -0.2) is 0 Å². The van der Waals surface area contributed by atoms with Crippen LogP contribution in [0.15, 0.2) is 48.5 Å². The number of hydrogen-bond donors (Lipinski definition) is 0. The van der Waals surface area contributed by atoms with E-state index in [9.17, 15) is 13.2 Å². The highest BCUT2D eigenvalue weighted by Gasteiger charge is 2.31. The second-order valence-electron chi connectivity index (χ2n) is 4.04. The number of hydrogen-bond acceptors (Lipinski definition) is 2.